The molecule has 0 aliphatic rings. The summed E-state index contributed by atoms with van der Waals surface area (Å²) in [6.45, 7) is 2.36. The Hall–Kier alpha value is 0.0382. The van der Waals surface area contributed by atoms with E-state index >= 15 is 0 Å². The molecule has 0 fully saturated rings. The van der Waals surface area contributed by atoms with Crippen molar-refractivity contribution in [2.75, 3.05) is 0 Å². The average molecular weight is 257 g/mol. The van der Waals surface area contributed by atoms with Gasteiger partial charge in [0.25, 0.3) is 0 Å². The van der Waals surface area contributed by atoms with Crippen LogP contribution in [0.4, 0.5) is 0 Å². The van der Waals surface area contributed by atoms with E-state index in [0.29, 0.717) is 0 Å². The van der Waals surface area contributed by atoms with Gasteiger partial charge in [0.2, 0.25) is 0 Å². The molecule has 1 aromatic carbocycles. The van der Waals surface area contributed by atoms with Gasteiger partial charge in [0.05, 0.1) is 0 Å². The molecule has 0 radical (unpaired) electrons. The van der Waals surface area contributed by atoms with Crippen LogP contribution in [0.2, 0.25) is 9.74 Å². The van der Waals surface area contributed by atoms with Crippen molar-refractivity contribution in [3.8, 4) is 0 Å². The van der Waals surface area contributed by atoms with Crippen molar-refractivity contribution >= 4 is 20.2 Å². The summed E-state index contributed by atoms with van der Waals surface area (Å²) in [6, 6.07) is 10.8. The summed E-state index contributed by atoms with van der Waals surface area (Å²) in [7, 11) is 0. The van der Waals surface area contributed by atoms with Gasteiger partial charge in [-0.1, -0.05) is 0 Å². The van der Waals surface area contributed by atoms with Gasteiger partial charge in [0.1, 0.15) is 0 Å². The zero-order chi connectivity index (χ0) is 8.27. The monoisotopic (exact) mass is 256 g/mol. The molecule has 0 N–H and O–H groups in total. The number of hydrogen-bond donors (Lipinski definition) is 0. The van der Waals surface area contributed by atoms with E-state index in [1.165, 1.54) is 5.56 Å². The van der Waals surface area contributed by atoms with E-state index in [9.17, 15) is 0 Å². The van der Waals surface area contributed by atoms with Gasteiger partial charge in [-0.25, -0.2) is 0 Å². The second kappa shape index (κ2) is 4.16. The van der Waals surface area contributed by atoms with Gasteiger partial charge >= 0.3 is 76.6 Å². The van der Waals surface area contributed by atoms with Gasteiger partial charge in [-0.2, -0.15) is 0 Å². The molecule has 0 spiro atoms. The second-order valence-corrected chi connectivity index (χ2v) is 10.8. The zero-order valence-electron chi connectivity index (χ0n) is 7.41. The van der Waals surface area contributed by atoms with Gasteiger partial charge in [-0.05, 0) is 0 Å². The Morgan fingerprint density at radius 2 is 1.64 bits per heavy atom. The molecule has 0 nitrogen and oxygen atoms in total. The summed E-state index contributed by atoms with van der Waals surface area (Å²) >= 11 is -0.883. The van der Waals surface area contributed by atoms with E-state index in [0.717, 1.165) is 3.86 Å². The third-order valence-corrected chi connectivity index (χ3v) is 7.33. The molecule has 1 atom stereocenters. The molecule has 0 aliphatic heterocycles. The Balaban J connectivity index is 2.77. The summed E-state index contributed by atoms with van der Waals surface area (Å²) < 4.78 is 0.860. The summed E-state index contributed by atoms with van der Waals surface area (Å²) in [5.74, 6) is 0. The molecule has 0 saturated carbocycles. The molecule has 11 heavy (non-hydrogen) atoms. The first kappa shape index (κ1) is 9.13. The van der Waals surface area contributed by atoms with Crippen molar-refractivity contribution in [3.63, 3.8) is 0 Å². The van der Waals surface area contributed by atoms with Gasteiger partial charge in [0, 0.05) is 0 Å². The quantitative estimate of drug-likeness (QED) is 0.714. The van der Waals surface area contributed by atoms with Crippen molar-refractivity contribution in [3.05, 3.63) is 35.9 Å². The molecule has 0 heterocycles. The molecule has 1 rings (SSSR count). The van der Waals surface area contributed by atoms with Crippen LogP contribution in [-0.4, -0.2) is 20.2 Å². The zero-order valence-corrected chi connectivity index (χ0v) is 9.96. The molecule has 1 unspecified atom stereocenters. The topological polar surface area (TPSA) is 0 Å². The van der Waals surface area contributed by atoms with Gasteiger partial charge in [-0.15, -0.1) is 0 Å². The third-order valence-electron chi connectivity index (χ3n) is 2.06. The maximum absolute atomic E-state index is 2.44. The van der Waals surface area contributed by atoms with E-state index in [4.69, 9.17) is 0 Å². The van der Waals surface area contributed by atoms with Crippen LogP contribution in [-0.2, 0) is 0 Å². The average Bonchev–Trinajstić information content (AvgIpc) is 2.05. The first-order chi connectivity index (χ1) is 5.22. The number of rotatable bonds is 2. The van der Waals surface area contributed by atoms with E-state index in [-0.39, 0.29) is 0 Å². The standard InChI is InChI=1S/C8H9.2CH3.Sb/c1-2-8-6-4-3-5-7-8;;;/h2-7H,1H3;2*1H3;. The van der Waals surface area contributed by atoms with Crippen molar-refractivity contribution in [1.29, 1.82) is 0 Å². The maximum atomic E-state index is 2.44. The molecule has 1 heteroatoms. The van der Waals surface area contributed by atoms with E-state index in [2.05, 4.69) is 47.0 Å². The first-order valence-electron chi connectivity index (χ1n) is 3.93. The fourth-order valence-electron chi connectivity index (χ4n) is 1.03. The van der Waals surface area contributed by atoms with Gasteiger partial charge in [-0.3, -0.25) is 0 Å². The molecule has 0 aliphatic carbocycles. The van der Waals surface area contributed by atoms with Gasteiger partial charge < -0.3 is 0 Å². The molecular formula is C10H15Sb. The van der Waals surface area contributed by atoms with Crippen LogP contribution in [0.15, 0.2) is 30.3 Å². The minimum atomic E-state index is -0.883. The fraction of sp³-hybridized carbons (Fsp3) is 0.400. The Morgan fingerprint density at radius 3 is 2.09 bits per heavy atom. The Morgan fingerprint density at radius 1 is 1.09 bits per heavy atom. The summed E-state index contributed by atoms with van der Waals surface area (Å²) in [5.41, 5.74) is 1.53. The van der Waals surface area contributed by atoms with Crippen LogP contribution in [0.5, 0.6) is 0 Å². The van der Waals surface area contributed by atoms with Crippen LogP contribution in [0.1, 0.15) is 16.4 Å². The van der Waals surface area contributed by atoms with Crippen molar-refractivity contribution in [2.45, 2.75) is 20.5 Å². The summed E-state index contributed by atoms with van der Waals surface area (Å²) in [4.78, 5) is 4.89. The molecule has 0 bridgehead atoms. The summed E-state index contributed by atoms with van der Waals surface area (Å²) in [5, 5.41) is 0. The first-order valence-corrected chi connectivity index (χ1v) is 10.5. The van der Waals surface area contributed by atoms with Crippen LogP contribution < -0.4 is 0 Å². The Kier molecular flexibility index (Phi) is 3.45. The second-order valence-electron chi connectivity index (χ2n) is 3.05. The minimum absolute atomic E-state index is 0.860. The van der Waals surface area contributed by atoms with Crippen molar-refractivity contribution < 1.29 is 0 Å². The predicted octanol–water partition coefficient (Wildman–Crippen LogP) is 3.08. The molecule has 1 aromatic rings. The van der Waals surface area contributed by atoms with Crippen LogP contribution in [0, 0.1) is 0 Å². The van der Waals surface area contributed by atoms with E-state index in [1.54, 1.807) is 0 Å². The summed E-state index contributed by atoms with van der Waals surface area (Å²) in [6.07, 6.45) is 0. The Labute approximate surface area is 76.6 Å². The SMILES string of the molecule is C[CH](c1ccccc1)[Sb]([CH3])[CH3]. The molecule has 0 saturated heterocycles. The van der Waals surface area contributed by atoms with E-state index < -0.39 is 20.2 Å². The number of hydrogen-bond acceptors (Lipinski definition) is 0. The van der Waals surface area contributed by atoms with Crippen molar-refractivity contribution in [1.82, 2.24) is 0 Å². The molecule has 60 valence electrons. The Bertz CT molecular complexity index is 203. The third kappa shape index (κ3) is 2.52. The predicted molar refractivity (Wildman–Crippen MR) is 52.3 cm³/mol. The number of benzene rings is 1. The van der Waals surface area contributed by atoms with Gasteiger partial charge in [0.15, 0.2) is 0 Å². The fourth-order valence-corrected chi connectivity index (χ4v) is 3.22. The van der Waals surface area contributed by atoms with E-state index in [1.807, 2.05) is 0 Å². The molecule has 0 aromatic heterocycles. The van der Waals surface area contributed by atoms with Crippen LogP contribution in [0.3, 0.4) is 0 Å². The van der Waals surface area contributed by atoms with Crippen LogP contribution >= 0.6 is 0 Å². The molecular weight excluding hydrogens is 242 g/mol. The normalized spacial score (nSPS) is 13.5. The van der Waals surface area contributed by atoms with Crippen molar-refractivity contribution in [2.24, 2.45) is 0 Å². The molecule has 0 amide bonds. The van der Waals surface area contributed by atoms with Crippen LogP contribution in [0.25, 0.3) is 0 Å².